The van der Waals surface area contributed by atoms with E-state index in [1.54, 1.807) is 12.1 Å². The number of carbonyl (C=O) groups excluding carboxylic acids is 2. The lowest BCUT2D eigenvalue weighted by Gasteiger charge is -2.19. The summed E-state index contributed by atoms with van der Waals surface area (Å²) in [7, 11) is -3.84. The standard InChI is InChI=1S/C22H21NO4S/c24-21-17-8-4-5-9-19(17)28(26,27)20-14-16(10-11-18(20)21)22(25)23-13-12-15-6-2-1-3-7-15/h4-6,8-11,14H,1-3,7,12-13H2,(H,23,25). The fourth-order valence-corrected chi connectivity index (χ4v) is 5.47. The Balaban J connectivity index is 1.57. The van der Waals surface area contributed by atoms with E-state index in [-0.39, 0.29) is 38.2 Å². The zero-order valence-corrected chi connectivity index (χ0v) is 16.2. The van der Waals surface area contributed by atoms with E-state index in [1.807, 2.05) is 0 Å². The van der Waals surface area contributed by atoms with E-state index >= 15 is 0 Å². The van der Waals surface area contributed by atoms with Crippen LogP contribution in [0.25, 0.3) is 0 Å². The molecule has 28 heavy (non-hydrogen) atoms. The predicted octanol–water partition coefficient (Wildman–Crippen LogP) is 3.68. The third-order valence-corrected chi connectivity index (χ3v) is 7.17. The van der Waals surface area contributed by atoms with E-state index in [9.17, 15) is 18.0 Å². The lowest BCUT2D eigenvalue weighted by atomic mass is 9.97. The topological polar surface area (TPSA) is 80.3 Å². The maximum Gasteiger partial charge on any atom is 0.251 e. The molecule has 0 aromatic heterocycles. The van der Waals surface area contributed by atoms with Gasteiger partial charge in [0.15, 0.2) is 5.78 Å². The summed E-state index contributed by atoms with van der Waals surface area (Å²) < 4.78 is 25.9. The fourth-order valence-electron chi connectivity index (χ4n) is 3.80. The van der Waals surface area contributed by atoms with Gasteiger partial charge in [-0.25, -0.2) is 8.42 Å². The van der Waals surface area contributed by atoms with Crippen LogP contribution in [0.15, 0.2) is 63.9 Å². The zero-order chi connectivity index (χ0) is 19.7. The van der Waals surface area contributed by atoms with E-state index in [4.69, 9.17) is 0 Å². The number of sulfone groups is 1. The van der Waals surface area contributed by atoms with Crippen molar-refractivity contribution in [3.8, 4) is 0 Å². The Hall–Kier alpha value is -2.73. The van der Waals surface area contributed by atoms with Crippen molar-refractivity contribution in [2.75, 3.05) is 6.54 Å². The van der Waals surface area contributed by atoms with E-state index in [1.165, 1.54) is 48.7 Å². The summed E-state index contributed by atoms with van der Waals surface area (Å²) in [6.45, 7) is 0.510. The Kier molecular flexibility index (Phi) is 4.89. The lowest BCUT2D eigenvalue weighted by Crippen LogP contribution is -2.26. The van der Waals surface area contributed by atoms with Crippen LogP contribution >= 0.6 is 0 Å². The second-order valence-corrected chi connectivity index (χ2v) is 9.04. The van der Waals surface area contributed by atoms with Crippen molar-refractivity contribution < 1.29 is 18.0 Å². The van der Waals surface area contributed by atoms with E-state index in [0.717, 1.165) is 19.3 Å². The Morgan fingerprint density at radius 1 is 1.00 bits per heavy atom. The summed E-state index contributed by atoms with van der Waals surface area (Å²) in [6, 6.07) is 10.4. The van der Waals surface area contributed by atoms with Crippen LogP contribution in [0.3, 0.4) is 0 Å². The Bertz CT molecular complexity index is 1100. The minimum Gasteiger partial charge on any atom is -0.352 e. The monoisotopic (exact) mass is 395 g/mol. The molecule has 6 heteroatoms. The molecule has 0 fully saturated rings. The summed E-state index contributed by atoms with van der Waals surface area (Å²) in [5, 5.41) is 2.85. The molecule has 1 aliphatic heterocycles. The average molecular weight is 395 g/mol. The van der Waals surface area contributed by atoms with Gasteiger partial charge < -0.3 is 5.32 Å². The van der Waals surface area contributed by atoms with Crippen LogP contribution in [-0.4, -0.2) is 26.7 Å². The molecule has 5 nitrogen and oxygen atoms in total. The van der Waals surface area contributed by atoms with Crippen molar-refractivity contribution in [3.63, 3.8) is 0 Å². The molecule has 2 aromatic rings. The number of carbonyl (C=O) groups is 2. The summed E-state index contributed by atoms with van der Waals surface area (Å²) >= 11 is 0. The smallest absolute Gasteiger partial charge is 0.251 e. The molecule has 1 heterocycles. The van der Waals surface area contributed by atoms with Crippen molar-refractivity contribution in [3.05, 3.63) is 70.8 Å². The molecule has 1 N–H and O–H groups in total. The van der Waals surface area contributed by atoms with Gasteiger partial charge >= 0.3 is 0 Å². The van der Waals surface area contributed by atoms with Gasteiger partial charge in [-0.15, -0.1) is 0 Å². The molecule has 1 aliphatic carbocycles. The highest BCUT2D eigenvalue weighted by molar-refractivity contribution is 7.91. The van der Waals surface area contributed by atoms with Crippen molar-refractivity contribution >= 4 is 21.5 Å². The molecular weight excluding hydrogens is 374 g/mol. The minimum atomic E-state index is -3.84. The molecular formula is C22H21NO4S. The van der Waals surface area contributed by atoms with Crippen LogP contribution < -0.4 is 5.32 Å². The molecule has 144 valence electrons. The first-order valence-electron chi connectivity index (χ1n) is 9.47. The minimum absolute atomic E-state index is 0.00528. The van der Waals surface area contributed by atoms with Crippen molar-refractivity contribution in [1.29, 1.82) is 0 Å². The van der Waals surface area contributed by atoms with Gasteiger partial charge in [-0.3, -0.25) is 9.59 Å². The largest absolute Gasteiger partial charge is 0.352 e. The molecule has 0 bridgehead atoms. The highest BCUT2D eigenvalue weighted by Crippen LogP contribution is 2.34. The number of nitrogens with one attached hydrogen (secondary N) is 1. The molecule has 1 amide bonds. The molecule has 0 spiro atoms. The van der Waals surface area contributed by atoms with Crippen LogP contribution in [-0.2, 0) is 9.84 Å². The Morgan fingerprint density at radius 2 is 1.79 bits per heavy atom. The molecule has 0 atom stereocenters. The fraction of sp³-hybridized carbons (Fsp3) is 0.273. The quantitative estimate of drug-likeness (QED) is 0.684. The van der Waals surface area contributed by atoms with Crippen LogP contribution in [0.5, 0.6) is 0 Å². The van der Waals surface area contributed by atoms with Crippen LogP contribution in [0.1, 0.15) is 58.4 Å². The van der Waals surface area contributed by atoms with Crippen molar-refractivity contribution in [1.82, 2.24) is 5.32 Å². The number of fused-ring (bicyclic) bond motifs is 2. The van der Waals surface area contributed by atoms with E-state index < -0.39 is 9.84 Å². The van der Waals surface area contributed by atoms with Gasteiger partial charge in [-0.1, -0.05) is 23.8 Å². The molecule has 4 rings (SSSR count). The normalized spacial score (nSPS) is 17.3. The summed E-state index contributed by atoms with van der Waals surface area (Å²) in [4.78, 5) is 25.0. The highest BCUT2D eigenvalue weighted by atomic mass is 32.2. The number of hydrogen-bond acceptors (Lipinski definition) is 4. The maximum absolute atomic E-state index is 12.9. The Morgan fingerprint density at radius 3 is 2.57 bits per heavy atom. The number of allylic oxidation sites excluding steroid dienone is 1. The SMILES string of the molecule is O=C(NCCC1=CCCCC1)c1ccc2c(c1)S(=O)(=O)c1ccccc1C2=O. The van der Waals surface area contributed by atoms with Crippen molar-refractivity contribution in [2.45, 2.75) is 41.9 Å². The molecule has 0 saturated heterocycles. The predicted molar refractivity (Wildman–Crippen MR) is 105 cm³/mol. The van der Waals surface area contributed by atoms with Crippen LogP contribution in [0.2, 0.25) is 0 Å². The molecule has 2 aliphatic rings. The first-order chi connectivity index (χ1) is 13.5. The van der Waals surface area contributed by atoms with Crippen LogP contribution in [0.4, 0.5) is 0 Å². The third-order valence-electron chi connectivity index (χ3n) is 5.32. The lowest BCUT2D eigenvalue weighted by molar-refractivity contribution is 0.0951. The number of hydrogen-bond donors (Lipinski definition) is 1. The molecule has 0 radical (unpaired) electrons. The van der Waals surface area contributed by atoms with Gasteiger partial charge in [0, 0.05) is 23.2 Å². The second kappa shape index (κ2) is 7.36. The van der Waals surface area contributed by atoms with Gasteiger partial charge in [-0.05, 0) is 62.4 Å². The second-order valence-electron chi connectivity index (χ2n) is 7.15. The number of benzene rings is 2. The highest BCUT2D eigenvalue weighted by Gasteiger charge is 2.34. The van der Waals surface area contributed by atoms with Gasteiger partial charge in [0.05, 0.1) is 9.79 Å². The number of rotatable bonds is 4. The summed E-state index contributed by atoms with van der Waals surface area (Å²) in [5.41, 5.74) is 1.89. The number of amides is 1. The molecule has 2 aromatic carbocycles. The van der Waals surface area contributed by atoms with Gasteiger partial charge in [-0.2, -0.15) is 0 Å². The van der Waals surface area contributed by atoms with Crippen LogP contribution in [0, 0.1) is 0 Å². The summed E-state index contributed by atoms with van der Waals surface area (Å²) in [5.74, 6) is -0.669. The average Bonchev–Trinajstić information content (AvgIpc) is 2.73. The van der Waals surface area contributed by atoms with Gasteiger partial charge in [0.2, 0.25) is 9.84 Å². The summed E-state index contributed by atoms with van der Waals surface area (Å²) in [6.07, 6.45) is 7.64. The zero-order valence-electron chi connectivity index (χ0n) is 15.4. The van der Waals surface area contributed by atoms with Gasteiger partial charge in [0.1, 0.15) is 0 Å². The third kappa shape index (κ3) is 3.29. The van der Waals surface area contributed by atoms with Gasteiger partial charge in [0.25, 0.3) is 5.91 Å². The maximum atomic E-state index is 12.9. The number of ketones is 1. The first kappa shape index (κ1) is 18.6. The van der Waals surface area contributed by atoms with E-state index in [2.05, 4.69) is 11.4 Å². The molecule has 0 saturated carbocycles. The molecule has 0 unspecified atom stereocenters. The van der Waals surface area contributed by atoms with E-state index in [0.29, 0.717) is 6.54 Å². The first-order valence-corrected chi connectivity index (χ1v) is 11.0. The Labute approximate surface area is 164 Å². The van der Waals surface area contributed by atoms with Crippen molar-refractivity contribution in [2.24, 2.45) is 0 Å².